The van der Waals surface area contributed by atoms with E-state index < -0.39 is 0 Å². The molecule has 1 aliphatic heterocycles. The fourth-order valence-corrected chi connectivity index (χ4v) is 3.48. The number of aromatic nitrogens is 3. The molecule has 1 aliphatic rings. The normalized spacial score (nSPS) is 15.4. The minimum absolute atomic E-state index is 0.199. The lowest BCUT2D eigenvalue weighted by atomic mass is 9.94. The summed E-state index contributed by atoms with van der Waals surface area (Å²) in [6.45, 7) is 7.79. The van der Waals surface area contributed by atoms with Gasteiger partial charge in [-0.25, -0.2) is 4.98 Å². The molecule has 134 valence electrons. The molecule has 4 nitrogen and oxygen atoms in total. The van der Waals surface area contributed by atoms with Crippen molar-refractivity contribution in [1.29, 1.82) is 0 Å². The van der Waals surface area contributed by atoms with Gasteiger partial charge in [-0.3, -0.25) is 8.79 Å². The van der Waals surface area contributed by atoms with Crippen molar-refractivity contribution in [1.82, 2.24) is 14.4 Å². The van der Waals surface area contributed by atoms with Gasteiger partial charge in [-0.1, -0.05) is 19.9 Å². The van der Waals surface area contributed by atoms with E-state index in [0.29, 0.717) is 12.3 Å². The Morgan fingerprint density at radius 3 is 2.60 bits per heavy atom. The summed E-state index contributed by atoms with van der Waals surface area (Å²) in [4.78, 5) is 11.7. The van der Waals surface area contributed by atoms with Gasteiger partial charge in [0, 0.05) is 19.3 Å². The third kappa shape index (κ3) is 3.60. The Bertz CT molecular complexity index is 834. The first-order valence-corrected chi connectivity index (χ1v) is 9.31. The highest BCUT2D eigenvalue weighted by Crippen LogP contribution is 2.25. The zero-order valence-corrected chi connectivity index (χ0v) is 15.4. The molecule has 0 bridgehead atoms. The third-order valence-corrected chi connectivity index (χ3v) is 4.87. The number of aryl methyl sites for hydroxylation is 1. The highest BCUT2D eigenvalue weighted by molar-refractivity contribution is 5.80. The predicted molar refractivity (Wildman–Crippen MR) is 102 cm³/mol. The van der Waals surface area contributed by atoms with Crippen LogP contribution in [0.1, 0.15) is 38.7 Å². The number of rotatable bonds is 3. The Hall–Kier alpha value is -2.17. The van der Waals surface area contributed by atoms with Crippen molar-refractivity contribution in [3.63, 3.8) is 0 Å². The van der Waals surface area contributed by atoms with E-state index in [2.05, 4.69) is 41.2 Å². The number of fused-ring (bicyclic) bond motifs is 3. The van der Waals surface area contributed by atoms with Gasteiger partial charge < -0.3 is 4.90 Å². The molecule has 0 radical (unpaired) electrons. The molecule has 0 aliphatic carbocycles. The van der Waals surface area contributed by atoms with Crippen molar-refractivity contribution >= 4 is 22.6 Å². The van der Waals surface area contributed by atoms with Gasteiger partial charge in [0.15, 0.2) is 0 Å². The standard InChI is InChI=1S/C18H21FN4.C2H6/c1-13-2-3-15-16(12-13)23-11-7-17(21-18(23)20-15)22-9-5-14(4-8-19)6-10-22;1-2/h2-3,7,11-12,14H,4-6,8-10H2,1H3;1-2H3. The maximum absolute atomic E-state index is 12.5. The molecule has 4 rings (SSSR count). The lowest BCUT2D eigenvalue weighted by Gasteiger charge is -2.32. The quantitative estimate of drug-likeness (QED) is 0.686. The first-order chi connectivity index (χ1) is 12.2. The lowest BCUT2D eigenvalue weighted by Crippen LogP contribution is -2.34. The zero-order chi connectivity index (χ0) is 17.8. The summed E-state index contributed by atoms with van der Waals surface area (Å²) in [5.74, 6) is 2.24. The van der Waals surface area contributed by atoms with Gasteiger partial charge in [0.25, 0.3) is 0 Å². The van der Waals surface area contributed by atoms with Gasteiger partial charge in [-0.2, -0.15) is 4.98 Å². The number of benzene rings is 1. The first-order valence-electron chi connectivity index (χ1n) is 9.31. The van der Waals surface area contributed by atoms with Crippen LogP contribution in [0.25, 0.3) is 16.8 Å². The Morgan fingerprint density at radius 2 is 1.88 bits per heavy atom. The summed E-state index contributed by atoms with van der Waals surface area (Å²) < 4.78 is 14.5. The third-order valence-electron chi connectivity index (χ3n) is 4.87. The van der Waals surface area contributed by atoms with E-state index in [-0.39, 0.29) is 6.67 Å². The summed E-state index contributed by atoms with van der Waals surface area (Å²) in [5.41, 5.74) is 3.29. The molecule has 1 aromatic carbocycles. The fourth-order valence-electron chi connectivity index (χ4n) is 3.48. The zero-order valence-electron chi connectivity index (χ0n) is 15.4. The summed E-state index contributed by atoms with van der Waals surface area (Å²) in [6.07, 6.45) is 4.85. The molecule has 0 spiro atoms. The van der Waals surface area contributed by atoms with Gasteiger partial charge in [-0.15, -0.1) is 0 Å². The molecule has 2 aromatic heterocycles. The van der Waals surface area contributed by atoms with E-state index in [0.717, 1.165) is 48.6 Å². The number of hydrogen-bond acceptors (Lipinski definition) is 3. The van der Waals surface area contributed by atoms with E-state index in [1.807, 2.05) is 24.3 Å². The molecule has 25 heavy (non-hydrogen) atoms. The molecule has 1 saturated heterocycles. The number of anilines is 1. The van der Waals surface area contributed by atoms with Crippen LogP contribution in [0.2, 0.25) is 0 Å². The number of imidazole rings is 1. The largest absolute Gasteiger partial charge is 0.356 e. The van der Waals surface area contributed by atoms with Gasteiger partial charge in [0.05, 0.1) is 17.7 Å². The summed E-state index contributed by atoms with van der Waals surface area (Å²) in [6, 6.07) is 8.32. The molecule has 0 unspecified atom stereocenters. The number of nitrogens with zero attached hydrogens (tertiary/aromatic N) is 4. The van der Waals surface area contributed by atoms with Crippen molar-refractivity contribution in [3.8, 4) is 0 Å². The Kier molecular flexibility index (Phi) is 5.51. The van der Waals surface area contributed by atoms with Crippen LogP contribution in [0.4, 0.5) is 10.2 Å². The van der Waals surface area contributed by atoms with Crippen molar-refractivity contribution in [3.05, 3.63) is 36.0 Å². The molecule has 0 saturated carbocycles. The van der Waals surface area contributed by atoms with Crippen molar-refractivity contribution in [2.75, 3.05) is 24.7 Å². The summed E-state index contributed by atoms with van der Waals surface area (Å²) in [7, 11) is 0. The van der Waals surface area contributed by atoms with Crippen LogP contribution in [0.5, 0.6) is 0 Å². The van der Waals surface area contributed by atoms with Crippen LogP contribution in [0.15, 0.2) is 30.5 Å². The average Bonchev–Trinajstić information content (AvgIpc) is 3.01. The molecular formula is C20H27FN4. The highest BCUT2D eigenvalue weighted by Gasteiger charge is 2.20. The second kappa shape index (κ2) is 7.81. The smallest absolute Gasteiger partial charge is 0.236 e. The van der Waals surface area contributed by atoms with E-state index in [1.165, 1.54) is 5.56 Å². The van der Waals surface area contributed by atoms with Gasteiger partial charge >= 0.3 is 0 Å². The van der Waals surface area contributed by atoms with Crippen molar-refractivity contribution in [2.24, 2.45) is 5.92 Å². The molecule has 0 N–H and O–H groups in total. The van der Waals surface area contributed by atoms with Gasteiger partial charge in [0.2, 0.25) is 5.78 Å². The van der Waals surface area contributed by atoms with E-state index in [4.69, 9.17) is 4.98 Å². The van der Waals surface area contributed by atoms with Crippen molar-refractivity contribution in [2.45, 2.75) is 40.0 Å². The van der Waals surface area contributed by atoms with E-state index in [1.54, 1.807) is 0 Å². The maximum Gasteiger partial charge on any atom is 0.236 e. The van der Waals surface area contributed by atoms with Crippen LogP contribution in [-0.2, 0) is 0 Å². The Labute approximate surface area is 148 Å². The Balaban J connectivity index is 0.000000880. The lowest BCUT2D eigenvalue weighted by molar-refractivity contribution is 0.332. The minimum Gasteiger partial charge on any atom is -0.356 e. The number of hydrogen-bond donors (Lipinski definition) is 0. The molecule has 5 heteroatoms. The first kappa shape index (κ1) is 17.6. The monoisotopic (exact) mass is 342 g/mol. The molecule has 3 heterocycles. The average molecular weight is 342 g/mol. The molecule has 3 aromatic rings. The molecular weight excluding hydrogens is 315 g/mol. The molecule has 1 fully saturated rings. The topological polar surface area (TPSA) is 33.4 Å². The second-order valence-electron chi connectivity index (χ2n) is 6.47. The fraction of sp³-hybridized carbons (Fsp3) is 0.500. The van der Waals surface area contributed by atoms with Gasteiger partial charge in [0.1, 0.15) is 5.82 Å². The summed E-state index contributed by atoms with van der Waals surface area (Å²) >= 11 is 0. The second-order valence-corrected chi connectivity index (χ2v) is 6.47. The van der Waals surface area contributed by atoms with Crippen LogP contribution in [-0.4, -0.2) is 34.1 Å². The van der Waals surface area contributed by atoms with Crippen LogP contribution in [0, 0.1) is 12.8 Å². The van der Waals surface area contributed by atoms with Crippen LogP contribution in [0.3, 0.4) is 0 Å². The van der Waals surface area contributed by atoms with E-state index in [9.17, 15) is 4.39 Å². The highest BCUT2D eigenvalue weighted by atomic mass is 19.1. The number of alkyl halides is 1. The molecule has 0 atom stereocenters. The maximum atomic E-state index is 12.5. The minimum atomic E-state index is -0.199. The van der Waals surface area contributed by atoms with Gasteiger partial charge in [-0.05, 0) is 55.9 Å². The van der Waals surface area contributed by atoms with Crippen molar-refractivity contribution < 1.29 is 4.39 Å². The summed E-state index contributed by atoms with van der Waals surface area (Å²) in [5, 5.41) is 0. The molecule has 0 amide bonds. The predicted octanol–water partition coefficient (Wildman–Crippen LogP) is 4.79. The van der Waals surface area contributed by atoms with Crippen LogP contribution < -0.4 is 4.90 Å². The SMILES string of the molecule is CC.Cc1ccc2nc3nc(N4CCC(CCF)CC4)ccn3c2c1. The Morgan fingerprint density at radius 1 is 1.12 bits per heavy atom. The number of halogens is 1. The number of piperidine rings is 1. The van der Waals surface area contributed by atoms with E-state index >= 15 is 0 Å². The van der Waals surface area contributed by atoms with Crippen LogP contribution >= 0.6 is 0 Å².